The molecule has 4 atom stereocenters. The lowest BCUT2D eigenvalue weighted by Crippen LogP contribution is -2.63. The van der Waals surface area contributed by atoms with E-state index in [1.807, 2.05) is 0 Å². The molecule has 35 heavy (non-hydrogen) atoms. The number of carbonyl (C=O) groups is 5. The Balaban J connectivity index is 2.45. The number of rotatable bonds is 14. The lowest BCUT2D eigenvalue weighted by atomic mass is 9.82. The van der Waals surface area contributed by atoms with Gasteiger partial charge in [-0.25, -0.2) is 0 Å². The highest BCUT2D eigenvalue weighted by molar-refractivity contribution is 5.73. The quantitative estimate of drug-likeness (QED) is 0.212. The van der Waals surface area contributed by atoms with E-state index in [1.54, 1.807) is 4.90 Å². The van der Waals surface area contributed by atoms with Crippen LogP contribution in [0.5, 0.6) is 0 Å². The van der Waals surface area contributed by atoms with Crippen LogP contribution in [0.2, 0.25) is 0 Å². The first-order valence-corrected chi connectivity index (χ1v) is 11.8. The molecule has 0 saturated heterocycles. The summed E-state index contributed by atoms with van der Waals surface area (Å²) in [7, 11) is 0. The van der Waals surface area contributed by atoms with Crippen molar-refractivity contribution in [2.75, 3.05) is 32.7 Å². The van der Waals surface area contributed by atoms with Crippen LogP contribution in [0.4, 0.5) is 0 Å². The van der Waals surface area contributed by atoms with Gasteiger partial charge in [0.2, 0.25) is 0 Å². The summed E-state index contributed by atoms with van der Waals surface area (Å²) in [6.07, 6.45) is 4.99. The fourth-order valence-electron chi connectivity index (χ4n) is 5.72. The Kier molecular flexibility index (Phi) is 10.9. The second-order valence-corrected chi connectivity index (χ2v) is 9.29. The molecule has 2 rings (SSSR count). The Morgan fingerprint density at radius 1 is 0.457 bits per heavy atom. The van der Waals surface area contributed by atoms with Gasteiger partial charge in [-0.15, -0.1) is 0 Å². The molecule has 2 saturated carbocycles. The molecule has 0 amide bonds. The average Bonchev–Trinajstić information content (AvgIpc) is 2.75. The summed E-state index contributed by atoms with van der Waals surface area (Å²) >= 11 is 0. The van der Waals surface area contributed by atoms with E-state index < -0.39 is 86.7 Å². The van der Waals surface area contributed by atoms with Crippen molar-refractivity contribution in [3.8, 4) is 0 Å². The Labute approximate surface area is 202 Å². The fraction of sp³-hybridized carbons (Fsp3) is 0.773. The van der Waals surface area contributed by atoms with Gasteiger partial charge >= 0.3 is 29.8 Å². The van der Waals surface area contributed by atoms with Crippen molar-refractivity contribution >= 4 is 29.8 Å². The molecule has 5 N–H and O–H groups in total. The third kappa shape index (κ3) is 8.75. The van der Waals surface area contributed by atoms with Gasteiger partial charge in [-0.05, 0) is 25.7 Å². The molecular formula is C22H35N3O10. The number of carboxylic acids is 5. The van der Waals surface area contributed by atoms with E-state index in [1.165, 1.54) is 9.80 Å². The van der Waals surface area contributed by atoms with Crippen LogP contribution in [-0.4, -0.2) is 127 Å². The van der Waals surface area contributed by atoms with Crippen LogP contribution in [0.15, 0.2) is 0 Å². The first-order valence-electron chi connectivity index (χ1n) is 11.8. The molecule has 4 unspecified atom stereocenters. The summed E-state index contributed by atoms with van der Waals surface area (Å²) in [5.41, 5.74) is 0. The third-order valence-electron chi connectivity index (χ3n) is 6.85. The molecule has 198 valence electrons. The van der Waals surface area contributed by atoms with Crippen LogP contribution in [0.25, 0.3) is 0 Å². The lowest BCUT2D eigenvalue weighted by molar-refractivity contribution is -0.149. The maximum atomic E-state index is 11.9. The van der Waals surface area contributed by atoms with Crippen molar-refractivity contribution in [2.24, 2.45) is 0 Å². The summed E-state index contributed by atoms with van der Waals surface area (Å²) in [5, 5.41) is 47.2. The Morgan fingerprint density at radius 2 is 0.714 bits per heavy atom. The molecule has 13 heteroatoms. The number of hydrogen-bond acceptors (Lipinski definition) is 8. The van der Waals surface area contributed by atoms with Gasteiger partial charge in [0.25, 0.3) is 0 Å². The molecule has 0 heterocycles. The molecule has 0 aromatic rings. The SMILES string of the molecule is O=C(O)CN(CC(=O)O)C1CCCCC1N(CC(=O)O)C1CCCCC1N(CC(=O)O)CC(=O)O. The van der Waals surface area contributed by atoms with E-state index in [2.05, 4.69) is 0 Å². The summed E-state index contributed by atoms with van der Waals surface area (Å²) in [4.78, 5) is 62.3. The molecule has 0 spiro atoms. The maximum absolute atomic E-state index is 11.9. The van der Waals surface area contributed by atoms with Gasteiger partial charge in [0.15, 0.2) is 0 Å². The van der Waals surface area contributed by atoms with Gasteiger partial charge in [-0.2, -0.15) is 0 Å². The smallest absolute Gasteiger partial charge is 0.317 e. The molecule has 2 fully saturated rings. The van der Waals surface area contributed by atoms with Gasteiger partial charge in [0.1, 0.15) is 0 Å². The summed E-state index contributed by atoms with van der Waals surface area (Å²) in [5.74, 6) is -5.88. The first-order chi connectivity index (χ1) is 16.5. The molecule has 0 bridgehead atoms. The first kappa shape index (κ1) is 28.5. The highest BCUT2D eigenvalue weighted by atomic mass is 16.4. The lowest BCUT2D eigenvalue weighted by Gasteiger charge is -2.51. The number of nitrogens with zero attached hydrogens (tertiary/aromatic N) is 3. The highest BCUT2D eigenvalue weighted by Gasteiger charge is 2.43. The summed E-state index contributed by atoms with van der Waals surface area (Å²) in [6.45, 7) is -2.43. The van der Waals surface area contributed by atoms with Gasteiger partial charge in [0.05, 0.1) is 32.7 Å². The second kappa shape index (κ2) is 13.4. The van der Waals surface area contributed by atoms with Gasteiger partial charge < -0.3 is 25.5 Å². The van der Waals surface area contributed by atoms with Crippen LogP contribution in [0.3, 0.4) is 0 Å². The Bertz CT molecular complexity index is 703. The number of aliphatic carboxylic acids is 5. The van der Waals surface area contributed by atoms with E-state index in [0.29, 0.717) is 25.7 Å². The van der Waals surface area contributed by atoms with E-state index in [0.717, 1.165) is 25.7 Å². The highest BCUT2D eigenvalue weighted by Crippen LogP contribution is 2.34. The van der Waals surface area contributed by atoms with Gasteiger partial charge in [-0.1, -0.05) is 25.7 Å². The van der Waals surface area contributed by atoms with E-state index >= 15 is 0 Å². The van der Waals surface area contributed by atoms with Crippen molar-refractivity contribution in [1.29, 1.82) is 0 Å². The maximum Gasteiger partial charge on any atom is 0.317 e. The van der Waals surface area contributed by atoms with Crippen molar-refractivity contribution in [3.05, 3.63) is 0 Å². The minimum Gasteiger partial charge on any atom is -0.480 e. The molecule has 2 aliphatic carbocycles. The summed E-state index contributed by atoms with van der Waals surface area (Å²) in [6, 6.07) is -1.99. The zero-order valence-electron chi connectivity index (χ0n) is 19.6. The minimum absolute atomic E-state index is 0.399. The second-order valence-electron chi connectivity index (χ2n) is 9.29. The average molecular weight is 502 g/mol. The number of hydrogen-bond donors (Lipinski definition) is 5. The zero-order valence-corrected chi connectivity index (χ0v) is 19.6. The molecule has 0 aromatic heterocycles. The van der Waals surface area contributed by atoms with Crippen LogP contribution in [-0.2, 0) is 24.0 Å². The van der Waals surface area contributed by atoms with Crippen LogP contribution in [0.1, 0.15) is 51.4 Å². The number of carboxylic acid groups (broad SMARTS) is 5. The van der Waals surface area contributed by atoms with Crippen molar-refractivity contribution < 1.29 is 49.5 Å². The van der Waals surface area contributed by atoms with Crippen LogP contribution >= 0.6 is 0 Å². The molecule has 2 aliphatic rings. The van der Waals surface area contributed by atoms with Crippen molar-refractivity contribution in [2.45, 2.75) is 75.5 Å². The summed E-state index contributed by atoms with van der Waals surface area (Å²) < 4.78 is 0. The normalized spacial score (nSPS) is 25.0. The fourth-order valence-corrected chi connectivity index (χ4v) is 5.72. The third-order valence-corrected chi connectivity index (χ3v) is 6.85. The topological polar surface area (TPSA) is 196 Å². The van der Waals surface area contributed by atoms with E-state index in [9.17, 15) is 49.5 Å². The van der Waals surface area contributed by atoms with Gasteiger partial charge in [-0.3, -0.25) is 38.7 Å². The largest absolute Gasteiger partial charge is 0.480 e. The molecule has 0 aromatic carbocycles. The van der Waals surface area contributed by atoms with Crippen molar-refractivity contribution in [1.82, 2.24) is 14.7 Å². The minimum atomic E-state index is -1.19. The molecule has 13 nitrogen and oxygen atoms in total. The van der Waals surface area contributed by atoms with E-state index in [-0.39, 0.29) is 0 Å². The predicted molar refractivity (Wildman–Crippen MR) is 120 cm³/mol. The van der Waals surface area contributed by atoms with Crippen molar-refractivity contribution in [3.63, 3.8) is 0 Å². The predicted octanol–water partition coefficient (Wildman–Crippen LogP) is -0.0622. The van der Waals surface area contributed by atoms with Crippen LogP contribution < -0.4 is 0 Å². The zero-order chi connectivity index (χ0) is 26.1. The Hall–Kier alpha value is -2.77. The Morgan fingerprint density at radius 3 is 0.971 bits per heavy atom. The molecule has 0 aliphatic heterocycles. The molecular weight excluding hydrogens is 466 g/mol. The standard InChI is InChI=1S/C22H35N3O10/c26-18(27)9-23(10-19(28)29)14-5-1-3-7-16(14)25(13-22(34)35)17-8-4-2-6-15(17)24(11-20(30)31)12-21(32)33/h14-17H,1-13H2,(H,26,27)(H,28,29)(H,30,31)(H,32,33)(H,34,35). The van der Waals surface area contributed by atoms with Crippen LogP contribution in [0, 0.1) is 0 Å². The van der Waals surface area contributed by atoms with Gasteiger partial charge in [0, 0.05) is 24.2 Å². The molecule has 0 radical (unpaired) electrons. The van der Waals surface area contributed by atoms with E-state index in [4.69, 9.17) is 0 Å². The monoisotopic (exact) mass is 501 g/mol.